The molecular weight excluding hydrogens is 500 g/mol. The Balaban J connectivity index is 2.32. The molecule has 1 unspecified atom stereocenters. The second-order valence-electron chi connectivity index (χ2n) is 6.95. The Labute approximate surface area is 205 Å². The zero-order valence-corrected chi connectivity index (χ0v) is 20.4. The number of Topliss-reactive ketones (excluding diaryl/α,β-unsaturated/α-hetero) is 1. The number of aliphatic hydroxyl groups is 1. The fourth-order valence-electron chi connectivity index (χ4n) is 3.67. The standard InChI is InChI=1S/C22H19Cl4NO5/c1-4-7-27-17(10-5-6-12(23)13(24)8-10)15(19(29)22(27)30)18(28)11-9-14(25)21(32-3)16(26)20(11)31-2/h5-6,8-9,17,28H,4,7H2,1-3H3/b18-15+. The van der Waals surface area contributed by atoms with Crippen molar-refractivity contribution >= 4 is 63.9 Å². The van der Waals surface area contributed by atoms with E-state index < -0.39 is 23.5 Å². The Morgan fingerprint density at radius 1 is 1.00 bits per heavy atom. The topological polar surface area (TPSA) is 76.1 Å². The van der Waals surface area contributed by atoms with Gasteiger partial charge in [0.2, 0.25) is 0 Å². The van der Waals surface area contributed by atoms with Crippen molar-refractivity contribution < 1.29 is 24.2 Å². The molecule has 1 fully saturated rings. The van der Waals surface area contributed by atoms with Gasteiger partial charge in [-0.25, -0.2) is 0 Å². The van der Waals surface area contributed by atoms with Crippen molar-refractivity contribution in [2.75, 3.05) is 20.8 Å². The van der Waals surface area contributed by atoms with Crippen LogP contribution in [0.2, 0.25) is 20.1 Å². The third-order valence-corrected chi connectivity index (χ3v) is 6.42. The number of ketones is 1. The molecule has 0 aliphatic carbocycles. The predicted octanol–water partition coefficient (Wildman–Crippen LogP) is 6.15. The van der Waals surface area contributed by atoms with E-state index in [1.165, 1.54) is 25.2 Å². The molecule has 10 heteroatoms. The summed E-state index contributed by atoms with van der Waals surface area (Å²) in [5.41, 5.74) is 0.415. The van der Waals surface area contributed by atoms with Gasteiger partial charge in [0.25, 0.3) is 11.7 Å². The van der Waals surface area contributed by atoms with E-state index in [1.54, 1.807) is 18.2 Å². The second-order valence-corrected chi connectivity index (χ2v) is 8.55. The number of carbonyl (C=O) groups excluding carboxylic acids is 2. The second kappa shape index (κ2) is 9.79. The summed E-state index contributed by atoms with van der Waals surface area (Å²) in [6.07, 6.45) is 0.592. The van der Waals surface area contributed by atoms with E-state index >= 15 is 0 Å². The lowest BCUT2D eigenvalue weighted by atomic mass is 9.95. The van der Waals surface area contributed by atoms with Gasteiger partial charge in [0.1, 0.15) is 10.8 Å². The number of likely N-dealkylation sites (tertiary alicyclic amines) is 1. The fourth-order valence-corrected chi connectivity index (χ4v) is 4.67. The van der Waals surface area contributed by atoms with Crippen LogP contribution in [0.3, 0.4) is 0 Å². The Morgan fingerprint density at radius 3 is 2.22 bits per heavy atom. The van der Waals surface area contributed by atoms with Gasteiger partial charge in [0, 0.05) is 6.54 Å². The number of aliphatic hydroxyl groups excluding tert-OH is 1. The van der Waals surface area contributed by atoms with Gasteiger partial charge in [0.05, 0.1) is 46.5 Å². The van der Waals surface area contributed by atoms with Crippen LogP contribution in [0, 0.1) is 0 Å². The zero-order chi connectivity index (χ0) is 23.7. The maximum absolute atomic E-state index is 13.0. The van der Waals surface area contributed by atoms with Crippen molar-refractivity contribution in [3.8, 4) is 11.5 Å². The van der Waals surface area contributed by atoms with Crippen molar-refractivity contribution in [3.63, 3.8) is 0 Å². The molecule has 0 aromatic heterocycles. The first kappa shape index (κ1) is 24.5. The first-order valence-electron chi connectivity index (χ1n) is 9.51. The zero-order valence-electron chi connectivity index (χ0n) is 17.3. The molecule has 1 aliphatic heterocycles. The molecule has 3 rings (SSSR count). The Kier molecular flexibility index (Phi) is 7.50. The summed E-state index contributed by atoms with van der Waals surface area (Å²) < 4.78 is 10.5. The lowest BCUT2D eigenvalue weighted by Crippen LogP contribution is -2.30. The van der Waals surface area contributed by atoms with Crippen LogP contribution in [0.4, 0.5) is 0 Å². The molecule has 1 aliphatic rings. The van der Waals surface area contributed by atoms with Crippen molar-refractivity contribution in [1.29, 1.82) is 0 Å². The van der Waals surface area contributed by atoms with Crippen molar-refractivity contribution in [2.45, 2.75) is 19.4 Å². The van der Waals surface area contributed by atoms with Gasteiger partial charge in [0.15, 0.2) is 11.5 Å². The predicted molar refractivity (Wildman–Crippen MR) is 125 cm³/mol. The molecular formula is C22H19Cl4NO5. The molecule has 1 N–H and O–H groups in total. The first-order chi connectivity index (χ1) is 15.2. The summed E-state index contributed by atoms with van der Waals surface area (Å²) in [4.78, 5) is 27.2. The van der Waals surface area contributed by atoms with E-state index in [0.29, 0.717) is 17.0 Å². The van der Waals surface area contributed by atoms with Gasteiger partial charge in [-0.2, -0.15) is 0 Å². The Hall–Kier alpha value is -2.12. The van der Waals surface area contributed by atoms with Crippen LogP contribution in [0.5, 0.6) is 11.5 Å². The molecule has 0 radical (unpaired) electrons. The van der Waals surface area contributed by atoms with Crippen LogP contribution >= 0.6 is 46.4 Å². The molecule has 0 bridgehead atoms. The molecule has 0 saturated carbocycles. The Bertz CT molecular complexity index is 1130. The van der Waals surface area contributed by atoms with Crippen molar-refractivity contribution in [3.05, 3.63) is 61.1 Å². The lowest BCUT2D eigenvalue weighted by Gasteiger charge is -2.25. The number of benzene rings is 2. The number of carbonyl (C=O) groups is 2. The number of amides is 1. The van der Waals surface area contributed by atoms with E-state index in [2.05, 4.69) is 0 Å². The summed E-state index contributed by atoms with van der Waals surface area (Å²) in [5, 5.41) is 11.9. The minimum atomic E-state index is -0.894. The van der Waals surface area contributed by atoms with E-state index in [-0.39, 0.29) is 44.2 Å². The van der Waals surface area contributed by atoms with E-state index in [1.807, 2.05) is 6.92 Å². The van der Waals surface area contributed by atoms with Crippen molar-refractivity contribution in [2.24, 2.45) is 0 Å². The highest BCUT2D eigenvalue weighted by molar-refractivity contribution is 6.47. The maximum Gasteiger partial charge on any atom is 0.295 e. The summed E-state index contributed by atoms with van der Waals surface area (Å²) in [5.74, 6) is -1.89. The fraction of sp³-hybridized carbons (Fsp3) is 0.273. The van der Waals surface area contributed by atoms with Crippen LogP contribution in [-0.2, 0) is 9.59 Å². The van der Waals surface area contributed by atoms with Crippen molar-refractivity contribution in [1.82, 2.24) is 4.90 Å². The number of rotatable bonds is 6. The average Bonchev–Trinajstić information content (AvgIpc) is 3.00. The highest BCUT2D eigenvalue weighted by atomic mass is 35.5. The molecule has 6 nitrogen and oxygen atoms in total. The third-order valence-electron chi connectivity index (χ3n) is 5.06. The molecule has 32 heavy (non-hydrogen) atoms. The summed E-state index contributed by atoms with van der Waals surface area (Å²) in [6.45, 7) is 2.16. The van der Waals surface area contributed by atoms with Gasteiger partial charge in [-0.1, -0.05) is 59.4 Å². The Morgan fingerprint density at radius 2 is 1.66 bits per heavy atom. The van der Waals surface area contributed by atoms with Gasteiger partial charge >= 0.3 is 0 Å². The van der Waals surface area contributed by atoms with Crippen LogP contribution in [-0.4, -0.2) is 42.5 Å². The summed E-state index contributed by atoms with van der Waals surface area (Å²) in [6, 6.07) is 5.23. The van der Waals surface area contributed by atoms with E-state index in [0.717, 1.165) is 0 Å². The van der Waals surface area contributed by atoms with Crippen LogP contribution < -0.4 is 9.47 Å². The quantitative estimate of drug-likeness (QED) is 0.282. The van der Waals surface area contributed by atoms with Crippen LogP contribution in [0.1, 0.15) is 30.5 Å². The first-order valence-corrected chi connectivity index (χ1v) is 11.0. The van der Waals surface area contributed by atoms with Crippen LogP contribution in [0.15, 0.2) is 29.8 Å². The van der Waals surface area contributed by atoms with Crippen LogP contribution in [0.25, 0.3) is 5.76 Å². The summed E-state index contributed by atoms with van der Waals surface area (Å²) in [7, 11) is 2.73. The number of halogens is 4. The number of hydrogen-bond acceptors (Lipinski definition) is 5. The molecule has 170 valence electrons. The third kappa shape index (κ3) is 4.13. The molecule has 1 amide bonds. The number of ether oxygens (including phenoxy) is 2. The molecule has 1 saturated heterocycles. The number of methoxy groups -OCH3 is 2. The van der Waals surface area contributed by atoms with Gasteiger partial charge in [-0.3, -0.25) is 9.59 Å². The molecule has 0 spiro atoms. The number of nitrogens with zero attached hydrogens (tertiary/aromatic N) is 1. The van der Waals surface area contributed by atoms with Gasteiger partial charge < -0.3 is 19.5 Å². The molecule has 2 aromatic rings. The highest BCUT2D eigenvalue weighted by Crippen LogP contribution is 2.47. The minimum Gasteiger partial charge on any atom is -0.507 e. The number of hydrogen-bond donors (Lipinski definition) is 1. The highest BCUT2D eigenvalue weighted by Gasteiger charge is 2.46. The largest absolute Gasteiger partial charge is 0.507 e. The minimum absolute atomic E-state index is 0.0120. The SMILES string of the molecule is CCCN1C(=O)C(=O)/C(=C(/O)c2cc(Cl)c(OC)c(Cl)c2OC)C1c1ccc(Cl)c(Cl)c1. The van der Waals surface area contributed by atoms with E-state index in [9.17, 15) is 14.7 Å². The lowest BCUT2D eigenvalue weighted by molar-refractivity contribution is -0.139. The maximum atomic E-state index is 13.0. The smallest absolute Gasteiger partial charge is 0.295 e. The molecule has 2 aromatic carbocycles. The van der Waals surface area contributed by atoms with Gasteiger partial charge in [-0.15, -0.1) is 0 Å². The molecule has 1 heterocycles. The van der Waals surface area contributed by atoms with Gasteiger partial charge in [-0.05, 0) is 30.2 Å². The van der Waals surface area contributed by atoms with E-state index in [4.69, 9.17) is 55.9 Å². The average molecular weight is 519 g/mol. The summed E-state index contributed by atoms with van der Waals surface area (Å²) >= 11 is 24.8. The normalized spacial score (nSPS) is 17.7. The molecule has 1 atom stereocenters. The monoisotopic (exact) mass is 517 g/mol.